The van der Waals surface area contributed by atoms with Crippen LogP contribution < -0.4 is 10.1 Å². The van der Waals surface area contributed by atoms with Crippen LogP contribution in [0.1, 0.15) is 22.6 Å². The molecule has 5 nitrogen and oxygen atoms in total. The Kier molecular flexibility index (Phi) is 4.33. The van der Waals surface area contributed by atoms with Gasteiger partial charge in [0.1, 0.15) is 11.5 Å². The van der Waals surface area contributed by atoms with Crippen LogP contribution in [-0.4, -0.2) is 10.9 Å². The van der Waals surface area contributed by atoms with Crippen molar-refractivity contribution in [1.82, 2.24) is 10.3 Å². The summed E-state index contributed by atoms with van der Waals surface area (Å²) in [5.41, 5.74) is 4.44. The number of rotatable bonds is 4. The zero-order valence-corrected chi connectivity index (χ0v) is 15.5. The Hall–Kier alpha value is -3.86. The third-order valence-corrected chi connectivity index (χ3v) is 5.05. The predicted molar refractivity (Wildman–Crippen MR) is 109 cm³/mol. The molecule has 1 aliphatic rings. The fraction of sp³-hybridized carbons (Fsp3) is 0.0833. The van der Waals surface area contributed by atoms with Gasteiger partial charge in [-0.05, 0) is 29.8 Å². The van der Waals surface area contributed by atoms with Crippen molar-refractivity contribution in [2.24, 2.45) is 0 Å². The largest absolute Gasteiger partial charge is 0.472 e. The van der Waals surface area contributed by atoms with Gasteiger partial charge in [-0.15, -0.1) is 0 Å². The maximum absolute atomic E-state index is 13.2. The summed E-state index contributed by atoms with van der Waals surface area (Å²) in [6.07, 6.45) is 5.05. The zero-order valence-electron chi connectivity index (χ0n) is 15.5. The van der Waals surface area contributed by atoms with Crippen molar-refractivity contribution in [1.29, 1.82) is 0 Å². The Morgan fingerprint density at radius 3 is 2.28 bits per heavy atom. The highest BCUT2D eigenvalue weighted by Crippen LogP contribution is 2.43. The predicted octanol–water partition coefficient (Wildman–Crippen LogP) is 4.90. The molecule has 0 unspecified atom stereocenters. The second-order valence-corrected chi connectivity index (χ2v) is 6.89. The van der Waals surface area contributed by atoms with E-state index >= 15 is 0 Å². The first kappa shape index (κ1) is 17.3. The quantitative estimate of drug-likeness (QED) is 0.545. The highest BCUT2D eigenvalue weighted by Gasteiger charge is 2.32. The normalized spacial score (nSPS) is 12.6. The number of nitrogens with zero attached hydrogens (tertiary/aromatic N) is 1. The molecule has 0 saturated heterocycles. The molecule has 2 aromatic carbocycles. The molecule has 2 aromatic heterocycles. The van der Waals surface area contributed by atoms with Gasteiger partial charge in [0.2, 0.25) is 5.91 Å². The van der Waals surface area contributed by atoms with Gasteiger partial charge >= 0.3 is 0 Å². The van der Waals surface area contributed by atoms with Crippen LogP contribution in [0.5, 0.6) is 11.5 Å². The van der Waals surface area contributed by atoms with Gasteiger partial charge in [-0.2, -0.15) is 0 Å². The third kappa shape index (κ3) is 3.27. The highest BCUT2D eigenvalue weighted by atomic mass is 16.5. The fourth-order valence-electron chi connectivity index (χ4n) is 3.59. The van der Waals surface area contributed by atoms with Gasteiger partial charge in [-0.1, -0.05) is 42.5 Å². The number of furan rings is 1. The molecule has 0 saturated carbocycles. The van der Waals surface area contributed by atoms with Gasteiger partial charge in [0, 0.05) is 29.4 Å². The maximum Gasteiger partial charge on any atom is 0.232 e. The average Bonchev–Trinajstić information content (AvgIpc) is 3.31. The zero-order chi connectivity index (χ0) is 19.6. The van der Waals surface area contributed by atoms with Crippen LogP contribution in [0.15, 0.2) is 89.9 Å². The van der Waals surface area contributed by atoms with E-state index in [-0.39, 0.29) is 5.91 Å². The van der Waals surface area contributed by atoms with Gasteiger partial charge in [0.05, 0.1) is 24.1 Å². The molecule has 0 radical (unpaired) electrons. The molecule has 5 rings (SSSR count). The molecule has 0 aliphatic carbocycles. The van der Waals surface area contributed by atoms with Crippen LogP contribution in [0.2, 0.25) is 0 Å². The van der Waals surface area contributed by atoms with Gasteiger partial charge in [-0.25, -0.2) is 0 Å². The maximum atomic E-state index is 13.2. The Labute approximate surface area is 168 Å². The average molecular weight is 382 g/mol. The number of hydrogen-bond donors (Lipinski definition) is 1. The van der Waals surface area contributed by atoms with Gasteiger partial charge < -0.3 is 14.5 Å². The summed E-state index contributed by atoms with van der Waals surface area (Å²) in [6.45, 7) is 0.402. The van der Waals surface area contributed by atoms with Crippen LogP contribution in [0, 0.1) is 0 Å². The van der Waals surface area contributed by atoms with Crippen LogP contribution in [0.4, 0.5) is 0 Å². The number of carbonyl (C=O) groups excluding carboxylic acids is 1. The number of nitrogens with one attached hydrogen (secondary N) is 1. The minimum atomic E-state index is -0.408. The second kappa shape index (κ2) is 7.28. The molecule has 1 aliphatic heterocycles. The summed E-state index contributed by atoms with van der Waals surface area (Å²) in [5.74, 6) is 0.969. The van der Waals surface area contributed by atoms with Crippen molar-refractivity contribution in [3.63, 3.8) is 0 Å². The van der Waals surface area contributed by atoms with E-state index in [9.17, 15) is 4.79 Å². The molecular formula is C24H18N2O3. The second-order valence-electron chi connectivity index (χ2n) is 6.89. The first-order valence-electron chi connectivity index (χ1n) is 9.40. The van der Waals surface area contributed by atoms with E-state index in [1.165, 1.54) is 0 Å². The molecule has 3 heterocycles. The van der Waals surface area contributed by atoms with Crippen molar-refractivity contribution in [3.8, 4) is 22.8 Å². The number of benzene rings is 2. The number of ether oxygens (including phenoxy) is 1. The summed E-state index contributed by atoms with van der Waals surface area (Å²) in [4.78, 5) is 17.6. The molecule has 4 aromatic rings. The molecule has 1 amide bonds. The molecule has 1 N–H and O–H groups in total. The molecule has 0 atom stereocenters. The van der Waals surface area contributed by atoms with E-state index in [0.717, 1.165) is 39.4 Å². The minimum absolute atomic E-state index is 0.0629. The molecule has 5 heteroatoms. The van der Waals surface area contributed by atoms with E-state index in [1.54, 1.807) is 18.7 Å². The SMILES string of the molecule is O=C(NCc1ccc(-c2ccoc2)nc1)C1c2ccccc2Oc2ccccc21. The smallest absolute Gasteiger partial charge is 0.232 e. The molecule has 142 valence electrons. The van der Waals surface area contributed by atoms with Crippen LogP contribution in [0.3, 0.4) is 0 Å². The Bertz CT molecular complexity index is 1110. The third-order valence-electron chi connectivity index (χ3n) is 5.05. The number of aromatic nitrogens is 1. The number of fused-ring (bicyclic) bond motifs is 2. The van der Waals surface area contributed by atoms with E-state index in [2.05, 4.69) is 10.3 Å². The lowest BCUT2D eigenvalue weighted by atomic mass is 9.87. The van der Waals surface area contributed by atoms with Crippen molar-refractivity contribution in [2.45, 2.75) is 12.5 Å². The standard InChI is InChI=1S/C24H18N2O3/c27-24(26-14-16-9-10-20(25-13-16)17-11-12-28-15-17)23-18-5-1-3-7-21(18)29-22-8-4-2-6-19(22)23/h1-13,15,23H,14H2,(H,26,27). The van der Waals surface area contributed by atoms with Crippen LogP contribution in [0.25, 0.3) is 11.3 Å². The van der Waals surface area contributed by atoms with Crippen LogP contribution >= 0.6 is 0 Å². The fourth-order valence-corrected chi connectivity index (χ4v) is 3.59. The van der Waals surface area contributed by atoms with Crippen molar-refractivity contribution in [2.75, 3.05) is 0 Å². The summed E-state index contributed by atoms with van der Waals surface area (Å²) in [7, 11) is 0. The number of para-hydroxylation sites is 2. The van der Waals surface area contributed by atoms with E-state index < -0.39 is 5.92 Å². The Balaban J connectivity index is 1.36. The molecule has 29 heavy (non-hydrogen) atoms. The van der Waals surface area contributed by atoms with Gasteiger partial charge in [0.15, 0.2) is 0 Å². The van der Waals surface area contributed by atoms with Gasteiger partial charge in [-0.3, -0.25) is 9.78 Å². The highest BCUT2D eigenvalue weighted by molar-refractivity contribution is 5.89. The van der Waals surface area contributed by atoms with Crippen molar-refractivity contribution < 1.29 is 13.9 Å². The Morgan fingerprint density at radius 2 is 1.66 bits per heavy atom. The summed E-state index contributed by atoms with van der Waals surface area (Å²) in [6, 6.07) is 21.1. The minimum Gasteiger partial charge on any atom is -0.472 e. The molecule has 0 fully saturated rings. The lowest BCUT2D eigenvalue weighted by Gasteiger charge is -2.27. The van der Waals surface area contributed by atoms with E-state index in [1.807, 2.05) is 66.7 Å². The first-order valence-corrected chi connectivity index (χ1v) is 9.40. The number of amides is 1. The number of pyridine rings is 1. The number of hydrogen-bond acceptors (Lipinski definition) is 4. The Morgan fingerprint density at radius 1 is 0.931 bits per heavy atom. The number of carbonyl (C=O) groups is 1. The lowest BCUT2D eigenvalue weighted by Crippen LogP contribution is -2.31. The summed E-state index contributed by atoms with van der Waals surface area (Å²) >= 11 is 0. The lowest BCUT2D eigenvalue weighted by molar-refractivity contribution is -0.122. The van der Waals surface area contributed by atoms with Crippen molar-refractivity contribution in [3.05, 3.63) is 102 Å². The van der Waals surface area contributed by atoms with Crippen molar-refractivity contribution >= 4 is 5.91 Å². The van der Waals surface area contributed by atoms with Gasteiger partial charge in [0.25, 0.3) is 0 Å². The molecule has 0 spiro atoms. The summed E-state index contributed by atoms with van der Waals surface area (Å²) in [5, 5.41) is 3.05. The van der Waals surface area contributed by atoms with Crippen LogP contribution in [-0.2, 0) is 11.3 Å². The molecule has 0 bridgehead atoms. The summed E-state index contributed by atoms with van der Waals surface area (Å²) < 4.78 is 11.1. The topological polar surface area (TPSA) is 64.4 Å². The van der Waals surface area contributed by atoms with E-state index in [0.29, 0.717) is 6.54 Å². The molecular weight excluding hydrogens is 364 g/mol. The van der Waals surface area contributed by atoms with E-state index in [4.69, 9.17) is 9.15 Å². The monoisotopic (exact) mass is 382 g/mol. The first-order chi connectivity index (χ1) is 14.3.